The summed E-state index contributed by atoms with van der Waals surface area (Å²) in [7, 11) is -10.6. The molecule has 33 heteroatoms. The number of alkyl halides is 2. The Balaban J connectivity index is 0.913. The van der Waals surface area contributed by atoms with Crippen LogP contribution in [0.5, 0.6) is 0 Å². The summed E-state index contributed by atoms with van der Waals surface area (Å²) in [6, 6.07) is 0. The SMILES string of the molecule is Nc1ncnc2c1ncn2[C@@H]1O[C@H](COP(=O)(O)O[C@@H]2[C@H](O)[C@@H](COP(=O)(O)O[C@@H]3[C@H](O)[C@@H](CO)O[C@H]3n3cnc4c(N)ncnc43)O[C@H]2n2cnc3c(N)ncnc32)[C@@H](F)[C@H]1Cl. The Bertz CT molecular complexity index is 2760. The van der Waals surface area contributed by atoms with Crippen molar-refractivity contribution in [1.82, 2.24) is 58.6 Å². The summed E-state index contributed by atoms with van der Waals surface area (Å²) >= 11 is 6.38. The zero-order chi connectivity index (χ0) is 44.5. The molecule has 0 bridgehead atoms. The minimum absolute atomic E-state index is 0.00115. The van der Waals surface area contributed by atoms with Crippen molar-refractivity contribution in [2.45, 2.75) is 73.0 Å². The predicted octanol–water partition coefficient (Wildman–Crippen LogP) is -1.39. The molecular weight excluding hydrogens is 911 g/mol. The molecule has 0 radical (unpaired) electrons. The Morgan fingerprint density at radius 2 is 1.02 bits per heavy atom. The number of hydrogen-bond donors (Lipinski definition) is 8. The van der Waals surface area contributed by atoms with E-state index in [1.54, 1.807) is 0 Å². The van der Waals surface area contributed by atoms with Gasteiger partial charge in [-0.1, -0.05) is 0 Å². The highest BCUT2D eigenvalue weighted by atomic mass is 35.5. The molecule has 0 aliphatic carbocycles. The molecule has 63 heavy (non-hydrogen) atoms. The van der Waals surface area contributed by atoms with Crippen molar-refractivity contribution in [2.75, 3.05) is 37.0 Å². The van der Waals surface area contributed by atoms with E-state index in [0.29, 0.717) is 0 Å². The van der Waals surface area contributed by atoms with Gasteiger partial charge in [0.2, 0.25) is 0 Å². The number of rotatable bonds is 14. The van der Waals surface area contributed by atoms with Gasteiger partial charge in [-0.15, -0.1) is 11.6 Å². The summed E-state index contributed by atoms with van der Waals surface area (Å²) in [6.45, 7) is -2.59. The van der Waals surface area contributed by atoms with Crippen LogP contribution in [0.3, 0.4) is 0 Å². The smallest absolute Gasteiger partial charge is 0.394 e. The van der Waals surface area contributed by atoms with E-state index in [2.05, 4.69) is 44.9 Å². The molecule has 11 N–H and O–H groups in total. The number of nitrogens with zero attached hydrogens (tertiary/aromatic N) is 12. The number of halogens is 2. The van der Waals surface area contributed by atoms with E-state index in [9.17, 15) is 34.2 Å². The molecule has 29 nitrogen and oxygen atoms in total. The Morgan fingerprint density at radius 1 is 0.635 bits per heavy atom. The maximum absolute atomic E-state index is 15.5. The van der Waals surface area contributed by atoms with Crippen molar-refractivity contribution in [1.29, 1.82) is 0 Å². The summed E-state index contributed by atoms with van der Waals surface area (Å²) in [5.41, 5.74) is 18.4. The first-order valence-corrected chi connectivity index (χ1v) is 21.8. The van der Waals surface area contributed by atoms with Gasteiger partial charge in [0.05, 0.1) is 38.8 Å². The number of aromatic nitrogens is 12. The number of aliphatic hydroxyl groups is 3. The van der Waals surface area contributed by atoms with Crippen LogP contribution >= 0.6 is 27.2 Å². The average molecular weight is 946 g/mol. The van der Waals surface area contributed by atoms with Gasteiger partial charge in [0.1, 0.15) is 89.8 Å². The second kappa shape index (κ2) is 16.7. The molecule has 338 valence electrons. The first-order valence-electron chi connectivity index (χ1n) is 18.4. The quantitative estimate of drug-likeness (QED) is 0.0460. The molecule has 0 spiro atoms. The number of phosphoric ester groups is 2. The lowest BCUT2D eigenvalue weighted by Crippen LogP contribution is -2.36. The number of hydrogen-bond acceptors (Lipinski definition) is 24. The number of ether oxygens (including phenoxy) is 3. The average Bonchev–Trinajstić information content (AvgIpc) is 4.11. The molecule has 9 heterocycles. The van der Waals surface area contributed by atoms with Crippen LogP contribution in [0.1, 0.15) is 18.7 Å². The summed E-state index contributed by atoms with van der Waals surface area (Å²) in [6.07, 6.45) is -10.9. The van der Waals surface area contributed by atoms with Gasteiger partial charge in [0, 0.05) is 0 Å². The first-order chi connectivity index (χ1) is 30.1. The van der Waals surface area contributed by atoms with Gasteiger partial charge < -0.3 is 56.5 Å². The standard InChI is InChI=1S/C30H35ClFN15O14P2/c31-13-14(32)11(58-28(13)45-7-42-15-22(33)36-4-39-25(15)45)2-55-62(51,52)61-21-19(50)12(59-30(21)47-9-44-17-24(35)38-6-41-27(17)47)3-56-63(53,54)60-20-18(49)10(1-48)57-29(20)46-8-43-16-23(34)37-5-40-26(16)46/h4-14,18-21,28-30,48-50H,1-3H2,(H,51,52)(H,53,54)(H2,33,36,39)(H2,34,37,40)(H2,35,38,41)/t10-,11-,12-,13-,14-,18-,19-,20-,21-,28-,29-,30-/m1/s1. The van der Waals surface area contributed by atoms with Crippen LogP contribution in [0.15, 0.2) is 38.0 Å². The molecule has 6 aromatic heterocycles. The third-order valence-electron chi connectivity index (χ3n) is 10.3. The van der Waals surface area contributed by atoms with Crippen LogP contribution in [0.2, 0.25) is 0 Å². The molecule has 9 rings (SSSR count). The Hall–Kier alpha value is -4.75. The van der Waals surface area contributed by atoms with Gasteiger partial charge in [0.25, 0.3) is 0 Å². The Morgan fingerprint density at radius 3 is 1.46 bits per heavy atom. The molecule has 0 amide bonds. The largest absolute Gasteiger partial charge is 0.472 e. The minimum atomic E-state index is -5.31. The van der Waals surface area contributed by atoms with Gasteiger partial charge in [-0.25, -0.2) is 58.4 Å². The summed E-state index contributed by atoms with van der Waals surface area (Å²) in [4.78, 5) is 58.2. The molecular formula is C30H35ClFN15O14P2. The van der Waals surface area contributed by atoms with Crippen molar-refractivity contribution in [3.05, 3.63) is 38.0 Å². The van der Waals surface area contributed by atoms with E-state index in [1.165, 1.54) is 26.4 Å². The summed E-state index contributed by atoms with van der Waals surface area (Å²) in [5.74, 6) is -0.00783. The van der Waals surface area contributed by atoms with Gasteiger partial charge in [-0.2, -0.15) is 0 Å². The second-order valence-electron chi connectivity index (χ2n) is 14.2. The maximum atomic E-state index is 15.5. The maximum Gasteiger partial charge on any atom is 0.472 e. The van der Waals surface area contributed by atoms with Gasteiger partial charge in [-0.05, 0) is 0 Å². The van der Waals surface area contributed by atoms with Gasteiger partial charge in [-0.3, -0.25) is 31.8 Å². The molecule has 0 saturated carbocycles. The second-order valence-corrected chi connectivity index (χ2v) is 17.5. The third kappa shape index (κ3) is 7.95. The van der Waals surface area contributed by atoms with Crippen LogP contribution in [0.4, 0.5) is 21.8 Å². The first kappa shape index (κ1) is 43.5. The molecule has 3 fully saturated rings. The number of anilines is 3. The highest BCUT2D eigenvalue weighted by Crippen LogP contribution is 2.53. The van der Waals surface area contributed by atoms with Crippen molar-refractivity contribution in [2.24, 2.45) is 0 Å². The van der Waals surface area contributed by atoms with Crippen LogP contribution in [-0.4, -0.2) is 158 Å². The topological polar surface area (TPSA) is 409 Å². The van der Waals surface area contributed by atoms with Crippen molar-refractivity contribution >= 4 is 78.2 Å². The summed E-state index contributed by atoms with van der Waals surface area (Å²) in [5, 5.41) is 31.0. The number of aliphatic hydroxyl groups excluding tert-OH is 3. The molecule has 3 aliphatic heterocycles. The van der Waals surface area contributed by atoms with Crippen LogP contribution < -0.4 is 17.2 Å². The molecule has 0 aromatic carbocycles. The number of nitrogen functional groups attached to an aromatic ring is 3. The third-order valence-corrected chi connectivity index (χ3v) is 12.8. The lowest BCUT2D eigenvalue weighted by Gasteiger charge is -2.25. The number of phosphoric acid groups is 2. The Kier molecular flexibility index (Phi) is 11.5. The van der Waals surface area contributed by atoms with E-state index in [4.69, 9.17) is 61.1 Å². The number of nitrogens with two attached hydrogens (primary N) is 3. The van der Waals surface area contributed by atoms with Crippen molar-refractivity contribution in [3.8, 4) is 0 Å². The normalized spacial score (nSPS) is 31.9. The van der Waals surface area contributed by atoms with E-state index in [0.717, 1.165) is 25.3 Å². The van der Waals surface area contributed by atoms with E-state index in [1.807, 2.05) is 0 Å². The minimum Gasteiger partial charge on any atom is -0.394 e. The molecule has 3 saturated heterocycles. The van der Waals surface area contributed by atoms with E-state index < -0.39 is 108 Å². The monoisotopic (exact) mass is 945 g/mol. The lowest BCUT2D eigenvalue weighted by molar-refractivity contribution is -0.0627. The van der Waals surface area contributed by atoms with Gasteiger partial charge >= 0.3 is 15.6 Å². The van der Waals surface area contributed by atoms with Crippen LogP contribution in [-0.2, 0) is 41.4 Å². The summed E-state index contributed by atoms with van der Waals surface area (Å²) < 4.78 is 84.9. The highest BCUT2D eigenvalue weighted by molar-refractivity contribution is 7.47. The van der Waals surface area contributed by atoms with Gasteiger partial charge in [0.15, 0.2) is 53.1 Å². The molecule has 3 aliphatic rings. The lowest BCUT2D eigenvalue weighted by atomic mass is 10.1. The van der Waals surface area contributed by atoms with Crippen molar-refractivity contribution < 1.29 is 70.9 Å². The number of fused-ring (bicyclic) bond motifs is 3. The fourth-order valence-electron chi connectivity index (χ4n) is 7.31. The highest BCUT2D eigenvalue weighted by Gasteiger charge is 2.53. The van der Waals surface area contributed by atoms with E-state index in [-0.39, 0.29) is 50.9 Å². The predicted molar refractivity (Wildman–Crippen MR) is 206 cm³/mol. The molecule has 2 unspecified atom stereocenters. The number of imidazole rings is 3. The molecule has 14 atom stereocenters. The van der Waals surface area contributed by atoms with E-state index >= 15 is 4.39 Å². The van der Waals surface area contributed by atoms with Crippen LogP contribution in [0.25, 0.3) is 33.5 Å². The Labute approximate surface area is 355 Å². The fourth-order valence-corrected chi connectivity index (χ4v) is 9.52. The fraction of sp³-hybridized carbons (Fsp3) is 0.500. The molecule has 6 aromatic rings. The van der Waals surface area contributed by atoms with Crippen LogP contribution in [0, 0.1) is 0 Å². The zero-order valence-corrected chi connectivity index (χ0v) is 34.2. The zero-order valence-electron chi connectivity index (χ0n) is 31.7. The van der Waals surface area contributed by atoms with Crippen molar-refractivity contribution in [3.63, 3.8) is 0 Å².